The van der Waals surface area contributed by atoms with Crippen molar-refractivity contribution < 1.29 is 23.5 Å². The molecule has 1 N–H and O–H groups in total. The molecule has 3 amide bonds. The normalized spacial score (nSPS) is 18.0. The quantitative estimate of drug-likeness (QED) is 0.242. The molecule has 0 aliphatic carbocycles. The molecule has 2 saturated heterocycles. The van der Waals surface area contributed by atoms with E-state index < -0.39 is 17.2 Å². The Hall–Kier alpha value is -4.65. The van der Waals surface area contributed by atoms with Gasteiger partial charge in [0.1, 0.15) is 27.7 Å². The van der Waals surface area contributed by atoms with Crippen molar-refractivity contribution in [2.75, 3.05) is 18.0 Å². The van der Waals surface area contributed by atoms with Crippen LogP contribution in [0.1, 0.15) is 92.1 Å². The fourth-order valence-corrected chi connectivity index (χ4v) is 6.93. The average Bonchev–Trinajstić information content (AvgIpc) is 3.83. The van der Waals surface area contributed by atoms with E-state index in [1.54, 1.807) is 61.0 Å². The number of nitrogens with one attached hydrogen (secondary N) is 1. The van der Waals surface area contributed by atoms with Crippen molar-refractivity contribution >= 4 is 35.1 Å². The van der Waals surface area contributed by atoms with Gasteiger partial charge in [0.05, 0.1) is 6.04 Å². The number of thiazole rings is 1. The molecule has 0 bridgehead atoms. The van der Waals surface area contributed by atoms with Crippen LogP contribution >= 0.6 is 11.3 Å². The summed E-state index contributed by atoms with van der Waals surface area (Å²) >= 11 is 1.55. The molecule has 13 heteroatoms. The maximum absolute atomic E-state index is 14.1. The van der Waals surface area contributed by atoms with Crippen LogP contribution in [-0.4, -0.2) is 61.7 Å². The molecule has 2 atom stereocenters. The first-order valence-corrected chi connectivity index (χ1v) is 16.7. The summed E-state index contributed by atoms with van der Waals surface area (Å²) in [5.41, 5.74) is 0.629. The Morgan fingerprint density at radius 1 is 1.06 bits per heavy atom. The Labute approximate surface area is 277 Å². The average molecular weight is 658 g/mol. The smallest absolute Gasteiger partial charge is 0.408 e. The molecule has 6 rings (SSSR count). The van der Waals surface area contributed by atoms with E-state index in [0.29, 0.717) is 43.7 Å². The maximum Gasteiger partial charge on any atom is 0.408 e. The molecule has 12 nitrogen and oxygen atoms in total. The number of hydrogen-bond acceptors (Lipinski definition) is 10. The van der Waals surface area contributed by atoms with E-state index in [4.69, 9.17) is 9.15 Å². The minimum Gasteiger partial charge on any atom is -0.444 e. The number of anilines is 1. The first kappa shape index (κ1) is 32.3. The topological polar surface area (TPSA) is 144 Å². The summed E-state index contributed by atoms with van der Waals surface area (Å²) in [4.78, 5) is 52.6. The Morgan fingerprint density at radius 3 is 2.53 bits per heavy atom. The molecule has 47 heavy (non-hydrogen) atoms. The standard InChI is InChI=1S/C34H39N7O5S/c1-21-20-47-29(35-21)25-13-9-15-40(25)30(43)24-17-23(18-26(36-24)41-16-10-14-27(41)42)28-38-39-31(45-28)34(5,19-22-11-7-6-8-12-22)37-32(44)46-33(2,3)4/h6-8,11-12,17-18,20,25H,9-10,13-16,19H2,1-5H3,(H,37,44). The van der Waals surface area contributed by atoms with Gasteiger partial charge in [-0.2, -0.15) is 0 Å². The molecule has 2 aliphatic heterocycles. The summed E-state index contributed by atoms with van der Waals surface area (Å²) in [6.07, 6.45) is 2.49. The van der Waals surface area contributed by atoms with Crippen LogP contribution in [0, 0.1) is 6.92 Å². The Balaban J connectivity index is 1.37. The summed E-state index contributed by atoms with van der Waals surface area (Å²) < 4.78 is 11.8. The van der Waals surface area contributed by atoms with Crippen LogP contribution in [0.4, 0.5) is 10.6 Å². The number of carbonyl (C=O) groups is 3. The third kappa shape index (κ3) is 7.19. The van der Waals surface area contributed by atoms with Crippen LogP contribution in [0.2, 0.25) is 0 Å². The summed E-state index contributed by atoms with van der Waals surface area (Å²) in [6.45, 7) is 10.2. The van der Waals surface area contributed by atoms with Crippen LogP contribution in [0.25, 0.3) is 11.5 Å². The Kier molecular flexibility index (Phi) is 8.84. The van der Waals surface area contributed by atoms with Crippen molar-refractivity contribution in [3.63, 3.8) is 0 Å². The highest BCUT2D eigenvalue weighted by atomic mass is 32.1. The molecular weight excluding hydrogens is 618 g/mol. The van der Waals surface area contributed by atoms with Crippen molar-refractivity contribution in [3.8, 4) is 11.5 Å². The molecule has 2 aliphatic rings. The largest absolute Gasteiger partial charge is 0.444 e. The molecule has 3 aromatic heterocycles. The van der Waals surface area contributed by atoms with Gasteiger partial charge < -0.3 is 19.4 Å². The Morgan fingerprint density at radius 2 is 1.85 bits per heavy atom. The van der Waals surface area contributed by atoms with Gasteiger partial charge in [0.2, 0.25) is 17.7 Å². The molecule has 246 valence electrons. The molecule has 2 fully saturated rings. The number of amides is 3. The number of carbonyl (C=O) groups excluding carboxylic acids is 3. The van der Waals surface area contributed by atoms with Gasteiger partial charge in [0.25, 0.3) is 5.91 Å². The molecule has 0 spiro atoms. The maximum atomic E-state index is 14.1. The predicted octanol–water partition coefficient (Wildman–Crippen LogP) is 5.98. The number of nitrogens with zero attached hydrogens (tertiary/aromatic N) is 6. The highest BCUT2D eigenvalue weighted by molar-refractivity contribution is 7.09. The summed E-state index contributed by atoms with van der Waals surface area (Å²) in [5, 5.41) is 14.6. The highest BCUT2D eigenvalue weighted by Crippen LogP contribution is 2.36. The van der Waals surface area contributed by atoms with Crippen LogP contribution in [0.3, 0.4) is 0 Å². The zero-order valence-corrected chi connectivity index (χ0v) is 28.1. The molecular formula is C34H39N7O5S. The second-order valence-electron chi connectivity index (χ2n) is 13.3. The summed E-state index contributed by atoms with van der Waals surface area (Å²) in [7, 11) is 0. The lowest BCUT2D eigenvalue weighted by Crippen LogP contribution is -2.47. The second-order valence-corrected chi connectivity index (χ2v) is 14.2. The summed E-state index contributed by atoms with van der Waals surface area (Å²) in [5.74, 6) is 0.323. The number of aryl methyl sites for hydroxylation is 1. The number of alkyl carbamates (subject to hydrolysis) is 1. The molecule has 0 radical (unpaired) electrons. The van der Waals surface area contributed by atoms with Crippen molar-refractivity contribution in [1.29, 1.82) is 0 Å². The van der Waals surface area contributed by atoms with E-state index in [9.17, 15) is 14.4 Å². The van der Waals surface area contributed by atoms with Gasteiger partial charge in [-0.3, -0.25) is 14.5 Å². The zero-order valence-electron chi connectivity index (χ0n) is 27.3. The van der Waals surface area contributed by atoms with Crippen molar-refractivity contribution in [2.45, 2.75) is 83.9 Å². The molecule has 2 unspecified atom stereocenters. The fourth-order valence-electron chi connectivity index (χ4n) is 5.99. The van der Waals surface area contributed by atoms with E-state index in [-0.39, 0.29) is 35.3 Å². The first-order chi connectivity index (χ1) is 22.4. The van der Waals surface area contributed by atoms with Gasteiger partial charge in [-0.1, -0.05) is 30.3 Å². The number of benzene rings is 1. The zero-order chi connectivity index (χ0) is 33.3. The molecule has 1 aromatic carbocycles. The first-order valence-electron chi connectivity index (χ1n) is 15.8. The van der Waals surface area contributed by atoms with Crippen molar-refractivity contribution in [3.05, 3.63) is 75.7 Å². The monoisotopic (exact) mass is 657 g/mol. The van der Waals surface area contributed by atoms with Gasteiger partial charge >= 0.3 is 6.09 Å². The lowest BCUT2D eigenvalue weighted by atomic mass is 9.92. The van der Waals surface area contributed by atoms with Crippen LogP contribution < -0.4 is 10.2 Å². The Bertz CT molecular complexity index is 1780. The number of aromatic nitrogens is 4. The van der Waals surface area contributed by atoms with Gasteiger partial charge in [-0.05, 0) is 71.6 Å². The minimum atomic E-state index is -1.14. The number of likely N-dealkylation sites (tertiary alicyclic amines) is 1. The van der Waals surface area contributed by atoms with E-state index in [1.807, 2.05) is 42.6 Å². The lowest BCUT2D eigenvalue weighted by molar-refractivity contribution is -0.117. The lowest BCUT2D eigenvalue weighted by Gasteiger charge is -2.29. The van der Waals surface area contributed by atoms with E-state index in [2.05, 4.69) is 25.5 Å². The van der Waals surface area contributed by atoms with Crippen LogP contribution in [0.15, 0.2) is 52.3 Å². The van der Waals surface area contributed by atoms with E-state index >= 15 is 0 Å². The van der Waals surface area contributed by atoms with Gasteiger partial charge in [-0.25, -0.2) is 14.8 Å². The van der Waals surface area contributed by atoms with Gasteiger partial charge in [-0.15, -0.1) is 21.5 Å². The van der Waals surface area contributed by atoms with Crippen LogP contribution in [-0.2, 0) is 21.5 Å². The van der Waals surface area contributed by atoms with Gasteiger partial charge in [0.15, 0.2) is 0 Å². The minimum absolute atomic E-state index is 0.0615. The third-order valence-electron chi connectivity index (χ3n) is 8.14. The van der Waals surface area contributed by atoms with Gasteiger partial charge in [0, 0.05) is 42.6 Å². The number of ether oxygens (including phenoxy) is 1. The third-order valence-corrected chi connectivity index (χ3v) is 9.20. The second kappa shape index (κ2) is 12.9. The van der Waals surface area contributed by atoms with E-state index in [0.717, 1.165) is 29.1 Å². The molecule has 5 heterocycles. The van der Waals surface area contributed by atoms with Crippen molar-refractivity contribution in [1.82, 2.24) is 30.4 Å². The number of pyridine rings is 1. The number of hydrogen-bond donors (Lipinski definition) is 1. The van der Waals surface area contributed by atoms with E-state index in [1.165, 1.54) is 0 Å². The fraction of sp³-hybridized carbons (Fsp3) is 0.441. The number of rotatable bonds is 8. The summed E-state index contributed by atoms with van der Waals surface area (Å²) in [6, 6.07) is 12.8. The van der Waals surface area contributed by atoms with Crippen molar-refractivity contribution in [2.24, 2.45) is 0 Å². The predicted molar refractivity (Wildman–Crippen MR) is 176 cm³/mol. The van der Waals surface area contributed by atoms with Crippen LogP contribution in [0.5, 0.6) is 0 Å². The molecule has 4 aromatic rings. The molecule has 0 saturated carbocycles. The SMILES string of the molecule is Cc1csc(C2CCCN2C(=O)c2cc(-c3nnc(C(C)(Cc4ccccc4)NC(=O)OC(C)(C)C)o3)cc(N3CCCC3=O)n2)n1. The highest BCUT2D eigenvalue weighted by Gasteiger charge is 2.38.